The molecule has 1 aromatic rings. The van der Waals surface area contributed by atoms with E-state index in [9.17, 15) is 9.59 Å². The molecule has 19 heavy (non-hydrogen) atoms. The van der Waals surface area contributed by atoms with Crippen molar-refractivity contribution in [2.75, 3.05) is 11.9 Å². The number of carbonyl (C=O) groups is 2. The lowest BCUT2D eigenvalue weighted by atomic mass is 10.2. The molecule has 3 rings (SSSR count). The van der Waals surface area contributed by atoms with E-state index in [-0.39, 0.29) is 17.9 Å². The van der Waals surface area contributed by atoms with Gasteiger partial charge in [-0.25, -0.2) is 0 Å². The number of anilines is 1. The van der Waals surface area contributed by atoms with Gasteiger partial charge in [-0.3, -0.25) is 14.3 Å². The first-order valence-corrected chi connectivity index (χ1v) is 6.81. The summed E-state index contributed by atoms with van der Waals surface area (Å²) in [6.45, 7) is 2.71. The van der Waals surface area contributed by atoms with Crippen LogP contribution in [0.5, 0.6) is 0 Å². The summed E-state index contributed by atoms with van der Waals surface area (Å²) < 4.78 is 1.60. The number of carbonyl (C=O) groups excluding carboxylic acids is 2. The number of hydrogen-bond acceptors (Lipinski definition) is 3. The van der Waals surface area contributed by atoms with Gasteiger partial charge < -0.3 is 10.2 Å². The average molecular weight is 262 g/mol. The topological polar surface area (TPSA) is 67.2 Å². The molecule has 102 valence electrons. The lowest BCUT2D eigenvalue weighted by Crippen LogP contribution is -2.41. The van der Waals surface area contributed by atoms with Crippen molar-refractivity contribution in [2.45, 2.75) is 38.6 Å². The van der Waals surface area contributed by atoms with Gasteiger partial charge in [-0.15, -0.1) is 0 Å². The van der Waals surface area contributed by atoms with Crippen molar-refractivity contribution in [1.29, 1.82) is 0 Å². The predicted octanol–water partition coefficient (Wildman–Crippen LogP) is 0.929. The molecule has 1 saturated heterocycles. The second-order valence-corrected chi connectivity index (χ2v) is 5.19. The molecule has 0 aliphatic carbocycles. The number of nitrogens with one attached hydrogen (secondary N) is 1. The van der Waals surface area contributed by atoms with E-state index in [0.717, 1.165) is 31.4 Å². The maximum Gasteiger partial charge on any atom is 0.274 e. The summed E-state index contributed by atoms with van der Waals surface area (Å²) in [5.74, 6) is -0.150. The Balaban J connectivity index is 2.10. The molecule has 3 heterocycles. The molecule has 1 atom stereocenters. The van der Waals surface area contributed by atoms with Crippen LogP contribution >= 0.6 is 0 Å². The Kier molecular flexibility index (Phi) is 2.80. The molecule has 0 radical (unpaired) electrons. The summed E-state index contributed by atoms with van der Waals surface area (Å²) in [6.07, 6.45) is 3.34. The molecule has 1 unspecified atom stereocenters. The Labute approximate surface area is 111 Å². The third kappa shape index (κ3) is 1.74. The minimum absolute atomic E-state index is 0.0741. The Bertz CT molecular complexity index is 549. The van der Waals surface area contributed by atoms with Crippen LogP contribution in [0.15, 0.2) is 0 Å². The van der Waals surface area contributed by atoms with Gasteiger partial charge in [0.15, 0.2) is 0 Å². The van der Waals surface area contributed by atoms with E-state index in [1.807, 2.05) is 0 Å². The molecule has 2 amide bonds. The summed E-state index contributed by atoms with van der Waals surface area (Å²) in [7, 11) is 1.76. The Hall–Kier alpha value is -1.85. The highest BCUT2D eigenvalue weighted by molar-refractivity contribution is 6.09. The van der Waals surface area contributed by atoms with E-state index in [0.29, 0.717) is 17.9 Å². The van der Waals surface area contributed by atoms with E-state index in [1.54, 1.807) is 16.6 Å². The average Bonchev–Trinajstić information content (AvgIpc) is 2.93. The Morgan fingerprint density at radius 3 is 2.95 bits per heavy atom. The minimum Gasteiger partial charge on any atom is -0.325 e. The molecule has 2 aliphatic rings. The summed E-state index contributed by atoms with van der Waals surface area (Å²) in [5, 5.41) is 7.29. The summed E-state index contributed by atoms with van der Waals surface area (Å²) >= 11 is 0. The van der Waals surface area contributed by atoms with Crippen molar-refractivity contribution in [1.82, 2.24) is 14.7 Å². The number of nitrogens with zero attached hydrogens (tertiary/aromatic N) is 3. The number of aromatic nitrogens is 2. The zero-order valence-corrected chi connectivity index (χ0v) is 11.3. The number of aryl methyl sites for hydroxylation is 2. The minimum atomic E-state index is -0.311. The van der Waals surface area contributed by atoms with Crippen molar-refractivity contribution < 1.29 is 9.59 Å². The molecule has 1 aromatic heterocycles. The molecule has 0 aromatic carbocycles. The molecule has 6 heteroatoms. The van der Waals surface area contributed by atoms with Crippen LogP contribution in [0.1, 0.15) is 42.4 Å². The standard InChI is InChI=1S/C13H18N4O2/c1-3-5-8-10-11(16(2)15-8)13(19)17-7-4-6-9(17)12(18)14-10/h9H,3-7H2,1-2H3,(H,14,18). The van der Waals surface area contributed by atoms with Gasteiger partial charge in [-0.2, -0.15) is 5.10 Å². The van der Waals surface area contributed by atoms with Gasteiger partial charge in [-0.05, 0) is 19.3 Å². The molecule has 1 fully saturated rings. The fourth-order valence-electron chi connectivity index (χ4n) is 2.99. The molecule has 0 saturated carbocycles. The Morgan fingerprint density at radius 1 is 1.42 bits per heavy atom. The highest BCUT2D eigenvalue weighted by Gasteiger charge is 2.40. The first kappa shape index (κ1) is 12.2. The Morgan fingerprint density at radius 2 is 2.21 bits per heavy atom. The molecule has 6 nitrogen and oxygen atoms in total. The highest BCUT2D eigenvalue weighted by Crippen LogP contribution is 2.31. The SMILES string of the molecule is CCCc1nn(C)c2c1NC(=O)C1CCCN1C2=O. The van der Waals surface area contributed by atoms with E-state index >= 15 is 0 Å². The lowest BCUT2D eigenvalue weighted by Gasteiger charge is -2.20. The molecule has 0 spiro atoms. The maximum atomic E-state index is 12.6. The summed E-state index contributed by atoms with van der Waals surface area (Å²) in [6, 6.07) is -0.311. The molecular formula is C13H18N4O2. The van der Waals surface area contributed by atoms with Crippen molar-refractivity contribution in [3.05, 3.63) is 11.4 Å². The van der Waals surface area contributed by atoms with Crippen LogP contribution in [0.3, 0.4) is 0 Å². The first-order chi connectivity index (χ1) is 9.13. The van der Waals surface area contributed by atoms with Crippen LogP contribution in [0, 0.1) is 0 Å². The van der Waals surface area contributed by atoms with Crippen molar-refractivity contribution >= 4 is 17.5 Å². The number of rotatable bonds is 2. The first-order valence-electron chi connectivity index (χ1n) is 6.81. The monoisotopic (exact) mass is 262 g/mol. The third-order valence-electron chi connectivity index (χ3n) is 3.87. The van der Waals surface area contributed by atoms with Crippen LogP contribution < -0.4 is 5.32 Å². The largest absolute Gasteiger partial charge is 0.325 e. The van der Waals surface area contributed by atoms with Gasteiger partial charge in [0.2, 0.25) is 5.91 Å². The van der Waals surface area contributed by atoms with Gasteiger partial charge in [0.05, 0.1) is 11.4 Å². The molecule has 2 aliphatic heterocycles. The van der Waals surface area contributed by atoms with E-state index in [1.165, 1.54) is 0 Å². The zero-order chi connectivity index (χ0) is 13.6. The van der Waals surface area contributed by atoms with Crippen LogP contribution in [-0.2, 0) is 18.3 Å². The lowest BCUT2D eigenvalue weighted by molar-refractivity contribution is -0.119. The van der Waals surface area contributed by atoms with Gasteiger partial charge >= 0.3 is 0 Å². The zero-order valence-electron chi connectivity index (χ0n) is 11.3. The smallest absolute Gasteiger partial charge is 0.274 e. The molecular weight excluding hydrogens is 244 g/mol. The highest BCUT2D eigenvalue weighted by atomic mass is 16.2. The van der Waals surface area contributed by atoms with Crippen LogP contribution in [0.25, 0.3) is 0 Å². The normalized spacial score (nSPS) is 22.0. The van der Waals surface area contributed by atoms with Gasteiger partial charge in [-0.1, -0.05) is 13.3 Å². The molecule has 1 N–H and O–H groups in total. The van der Waals surface area contributed by atoms with E-state index in [4.69, 9.17) is 0 Å². The van der Waals surface area contributed by atoms with Crippen LogP contribution in [-0.4, -0.2) is 39.1 Å². The van der Waals surface area contributed by atoms with Crippen LogP contribution in [0.4, 0.5) is 5.69 Å². The predicted molar refractivity (Wildman–Crippen MR) is 69.9 cm³/mol. The van der Waals surface area contributed by atoms with Gasteiger partial charge in [0, 0.05) is 13.6 Å². The second-order valence-electron chi connectivity index (χ2n) is 5.19. The fraction of sp³-hybridized carbons (Fsp3) is 0.615. The quantitative estimate of drug-likeness (QED) is 0.862. The van der Waals surface area contributed by atoms with E-state index in [2.05, 4.69) is 17.3 Å². The third-order valence-corrected chi connectivity index (χ3v) is 3.87. The van der Waals surface area contributed by atoms with Gasteiger partial charge in [0.1, 0.15) is 11.7 Å². The summed E-state index contributed by atoms with van der Waals surface area (Å²) in [4.78, 5) is 26.5. The van der Waals surface area contributed by atoms with Crippen molar-refractivity contribution in [3.8, 4) is 0 Å². The summed E-state index contributed by atoms with van der Waals surface area (Å²) in [5.41, 5.74) is 1.94. The van der Waals surface area contributed by atoms with Crippen LogP contribution in [0.2, 0.25) is 0 Å². The second kappa shape index (κ2) is 4.36. The number of fused-ring (bicyclic) bond motifs is 2. The van der Waals surface area contributed by atoms with Crippen molar-refractivity contribution in [2.24, 2.45) is 7.05 Å². The fourth-order valence-corrected chi connectivity index (χ4v) is 2.99. The van der Waals surface area contributed by atoms with Gasteiger partial charge in [0.25, 0.3) is 5.91 Å². The van der Waals surface area contributed by atoms with E-state index < -0.39 is 0 Å². The maximum absolute atomic E-state index is 12.6. The number of amides is 2. The van der Waals surface area contributed by atoms with Crippen molar-refractivity contribution in [3.63, 3.8) is 0 Å². The molecule has 0 bridgehead atoms. The number of hydrogen-bond donors (Lipinski definition) is 1.